The Hall–Kier alpha value is -2.04. The summed E-state index contributed by atoms with van der Waals surface area (Å²) in [6, 6.07) is 0.0876. The Bertz CT molecular complexity index is 571. The van der Waals surface area contributed by atoms with Gasteiger partial charge >= 0.3 is 18.5 Å². The molecular formula is C12H12F6N2O3. The van der Waals surface area contributed by atoms with Gasteiger partial charge in [0.25, 0.3) is 0 Å². The maximum atomic E-state index is 12.8. The van der Waals surface area contributed by atoms with Gasteiger partial charge in [-0.05, 0) is 6.92 Å². The van der Waals surface area contributed by atoms with Crippen LogP contribution in [0.15, 0.2) is 6.07 Å². The minimum atomic E-state index is -5.23. The fourth-order valence-electron chi connectivity index (χ4n) is 1.67. The third-order valence-corrected chi connectivity index (χ3v) is 2.51. The number of esters is 1. The highest BCUT2D eigenvalue weighted by atomic mass is 19.4. The van der Waals surface area contributed by atoms with E-state index >= 15 is 0 Å². The quantitative estimate of drug-likeness (QED) is 0.655. The number of rotatable bonds is 5. The smallest absolute Gasteiger partial charge is 0.466 e. The van der Waals surface area contributed by atoms with Crippen LogP contribution in [0.1, 0.15) is 23.9 Å². The Kier molecular flexibility index (Phi) is 5.81. The fraction of sp³-hybridized carbons (Fsp3) is 0.500. The van der Waals surface area contributed by atoms with Crippen molar-refractivity contribution in [1.82, 2.24) is 4.98 Å². The molecule has 0 fully saturated rings. The summed E-state index contributed by atoms with van der Waals surface area (Å²) >= 11 is 0. The molecule has 0 unspecified atom stereocenters. The molecule has 0 aliphatic rings. The zero-order chi connectivity index (χ0) is 17.8. The number of carbonyl (C=O) groups excluding carboxylic acids is 1. The molecule has 1 heterocycles. The van der Waals surface area contributed by atoms with E-state index in [1.807, 2.05) is 0 Å². The van der Waals surface area contributed by atoms with Crippen LogP contribution in [0.4, 0.5) is 26.3 Å². The largest absolute Gasteiger partial charge is 0.573 e. The van der Waals surface area contributed by atoms with Gasteiger partial charge in [-0.2, -0.15) is 13.2 Å². The Balaban J connectivity index is 3.40. The molecule has 0 spiro atoms. The molecule has 1 rings (SSSR count). The molecule has 2 N–H and O–H groups in total. The summed E-state index contributed by atoms with van der Waals surface area (Å²) in [6.07, 6.45) is -11.0. The molecule has 0 saturated carbocycles. The number of nitrogens with zero attached hydrogens (tertiary/aromatic N) is 1. The van der Waals surface area contributed by atoms with Gasteiger partial charge in [0, 0.05) is 18.2 Å². The van der Waals surface area contributed by atoms with Crippen LogP contribution in [-0.4, -0.2) is 23.9 Å². The summed E-state index contributed by atoms with van der Waals surface area (Å²) in [6.45, 7) is 0.798. The van der Waals surface area contributed by atoms with E-state index in [1.54, 1.807) is 0 Å². The van der Waals surface area contributed by atoms with Crippen molar-refractivity contribution in [3.05, 3.63) is 23.0 Å². The molecule has 23 heavy (non-hydrogen) atoms. The Morgan fingerprint density at radius 3 is 2.30 bits per heavy atom. The first-order valence-corrected chi connectivity index (χ1v) is 6.19. The van der Waals surface area contributed by atoms with Gasteiger partial charge in [-0.1, -0.05) is 0 Å². The van der Waals surface area contributed by atoms with Crippen LogP contribution in [0.2, 0.25) is 0 Å². The number of nitrogens with two attached hydrogens (primary N) is 1. The van der Waals surface area contributed by atoms with E-state index in [0.29, 0.717) is 0 Å². The third-order valence-electron chi connectivity index (χ3n) is 2.51. The second-order valence-electron chi connectivity index (χ2n) is 4.16. The van der Waals surface area contributed by atoms with Crippen LogP contribution < -0.4 is 10.5 Å². The first-order chi connectivity index (χ1) is 10.5. The summed E-state index contributed by atoms with van der Waals surface area (Å²) in [4.78, 5) is 14.6. The summed E-state index contributed by atoms with van der Waals surface area (Å²) in [5, 5.41) is 0. The fourth-order valence-corrected chi connectivity index (χ4v) is 1.67. The van der Waals surface area contributed by atoms with Crippen LogP contribution in [0.25, 0.3) is 0 Å². The topological polar surface area (TPSA) is 74.4 Å². The van der Waals surface area contributed by atoms with E-state index < -0.39 is 54.2 Å². The van der Waals surface area contributed by atoms with Gasteiger partial charge in [0.05, 0.1) is 18.7 Å². The van der Waals surface area contributed by atoms with Crippen LogP contribution in [-0.2, 0) is 28.7 Å². The number of ether oxygens (including phenoxy) is 2. The van der Waals surface area contributed by atoms with Crippen LogP contribution in [0.3, 0.4) is 0 Å². The molecule has 130 valence electrons. The normalized spacial score (nSPS) is 12.2. The second kappa shape index (κ2) is 7.02. The molecule has 0 aromatic carbocycles. The summed E-state index contributed by atoms with van der Waals surface area (Å²) < 4.78 is 83.4. The minimum Gasteiger partial charge on any atom is -0.466 e. The SMILES string of the molecule is CCOC(=O)Cc1nc(C(F)(F)F)cc(OC(F)(F)F)c1CN. The minimum absolute atomic E-state index is 0.0539. The highest BCUT2D eigenvalue weighted by Crippen LogP contribution is 2.35. The zero-order valence-electron chi connectivity index (χ0n) is 11.7. The lowest BCUT2D eigenvalue weighted by molar-refractivity contribution is -0.275. The first kappa shape index (κ1) is 19.0. The van der Waals surface area contributed by atoms with Gasteiger partial charge in [0.2, 0.25) is 0 Å². The van der Waals surface area contributed by atoms with Gasteiger partial charge in [0.15, 0.2) is 0 Å². The molecule has 0 aliphatic carbocycles. The molecule has 0 saturated heterocycles. The van der Waals surface area contributed by atoms with Crippen LogP contribution in [0, 0.1) is 0 Å². The molecule has 0 amide bonds. The number of carbonyl (C=O) groups is 1. The monoisotopic (exact) mass is 346 g/mol. The lowest BCUT2D eigenvalue weighted by atomic mass is 10.1. The second-order valence-corrected chi connectivity index (χ2v) is 4.16. The standard InChI is InChI=1S/C12H12F6N2O3/c1-2-22-10(21)3-7-6(5-19)8(23-12(16,17)18)4-9(20-7)11(13,14)15/h4H,2-3,5,19H2,1H3. The molecule has 5 nitrogen and oxygen atoms in total. The van der Waals surface area contributed by atoms with E-state index in [9.17, 15) is 31.1 Å². The maximum absolute atomic E-state index is 12.8. The van der Waals surface area contributed by atoms with Crippen molar-refractivity contribution in [2.24, 2.45) is 5.73 Å². The highest BCUT2D eigenvalue weighted by molar-refractivity contribution is 5.72. The molecule has 1 aromatic heterocycles. The van der Waals surface area contributed by atoms with Crippen molar-refractivity contribution in [3.63, 3.8) is 0 Å². The van der Waals surface area contributed by atoms with Gasteiger partial charge in [-0.3, -0.25) is 4.79 Å². The van der Waals surface area contributed by atoms with Crippen LogP contribution in [0.5, 0.6) is 5.75 Å². The van der Waals surface area contributed by atoms with Gasteiger partial charge < -0.3 is 15.2 Å². The third kappa shape index (κ3) is 5.58. The number of aromatic nitrogens is 1. The number of hydrogen-bond acceptors (Lipinski definition) is 5. The van der Waals surface area contributed by atoms with Crippen molar-refractivity contribution >= 4 is 5.97 Å². The molecule has 0 aliphatic heterocycles. The Morgan fingerprint density at radius 2 is 1.87 bits per heavy atom. The van der Waals surface area contributed by atoms with Crippen molar-refractivity contribution in [2.45, 2.75) is 32.4 Å². The first-order valence-electron chi connectivity index (χ1n) is 6.19. The average molecular weight is 346 g/mol. The Labute approximate surface area is 126 Å². The van der Waals surface area contributed by atoms with Crippen molar-refractivity contribution < 1.29 is 40.6 Å². The Morgan fingerprint density at radius 1 is 1.26 bits per heavy atom. The van der Waals surface area contributed by atoms with Crippen molar-refractivity contribution in [1.29, 1.82) is 0 Å². The van der Waals surface area contributed by atoms with Crippen molar-refractivity contribution in [3.8, 4) is 5.75 Å². The van der Waals surface area contributed by atoms with Crippen LogP contribution >= 0.6 is 0 Å². The van der Waals surface area contributed by atoms with E-state index in [2.05, 4.69) is 14.5 Å². The average Bonchev–Trinajstić information content (AvgIpc) is 2.35. The van der Waals surface area contributed by atoms with Gasteiger partial charge in [-0.25, -0.2) is 4.98 Å². The highest BCUT2D eigenvalue weighted by Gasteiger charge is 2.38. The molecule has 0 bridgehead atoms. The summed E-state index contributed by atoms with van der Waals surface area (Å²) in [7, 11) is 0. The van der Waals surface area contributed by atoms with Gasteiger partial charge in [0.1, 0.15) is 11.4 Å². The zero-order valence-corrected chi connectivity index (χ0v) is 11.7. The molecule has 0 radical (unpaired) electrons. The molecule has 1 aromatic rings. The van der Waals surface area contributed by atoms with E-state index in [1.165, 1.54) is 6.92 Å². The van der Waals surface area contributed by atoms with E-state index in [4.69, 9.17) is 5.73 Å². The molecule has 0 atom stereocenters. The summed E-state index contributed by atoms with van der Waals surface area (Å²) in [5.74, 6) is -2.10. The number of pyridine rings is 1. The molecule has 11 heteroatoms. The summed E-state index contributed by atoms with van der Waals surface area (Å²) in [5.41, 5.74) is 2.59. The van der Waals surface area contributed by atoms with Gasteiger partial charge in [-0.15, -0.1) is 13.2 Å². The molecular weight excluding hydrogens is 334 g/mol. The van der Waals surface area contributed by atoms with E-state index in [-0.39, 0.29) is 12.7 Å². The number of alkyl halides is 6. The maximum Gasteiger partial charge on any atom is 0.573 e. The van der Waals surface area contributed by atoms with E-state index in [0.717, 1.165) is 0 Å². The predicted molar refractivity (Wildman–Crippen MR) is 64.2 cm³/mol. The lowest BCUT2D eigenvalue weighted by Gasteiger charge is -2.17. The lowest BCUT2D eigenvalue weighted by Crippen LogP contribution is -2.22. The van der Waals surface area contributed by atoms with Crippen molar-refractivity contribution in [2.75, 3.05) is 6.61 Å². The number of halogens is 6. The number of hydrogen-bond donors (Lipinski definition) is 1. The predicted octanol–water partition coefficient (Wildman–Crippen LogP) is 2.56.